The first-order chi connectivity index (χ1) is 12.9. The smallest absolute Gasteiger partial charge is 0.293 e. The predicted octanol–water partition coefficient (Wildman–Crippen LogP) is 6.29. The van der Waals surface area contributed by atoms with Crippen LogP contribution in [-0.2, 0) is 11.3 Å². The lowest BCUT2D eigenvalue weighted by molar-refractivity contribution is -0.123. The van der Waals surface area contributed by atoms with E-state index in [2.05, 4.69) is 61.1 Å². The van der Waals surface area contributed by atoms with Gasteiger partial charge in [0.2, 0.25) is 0 Å². The third-order valence-corrected chi connectivity index (χ3v) is 6.60. The number of carbonyl (C=O) groups excluding carboxylic acids is 2. The molecule has 0 bridgehead atoms. The minimum absolute atomic E-state index is 0.257. The van der Waals surface area contributed by atoms with E-state index in [4.69, 9.17) is 4.74 Å². The Kier molecular flexibility index (Phi) is 7.25. The fraction of sp³-hybridized carbons (Fsp3) is 0.158. The SMILES string of the molecule is CCOc1c(I)cc(I)cc1/C=C1\SC(=O)N(Cc2ccc(Br)cc2)C1=O. The van der Waals surface area contributed by atoms with Crippen LogP contribution < -0.4 is 4.74 Å². The second kappa shape index (κ2) is 9.27. The summed E-state index contributed by atoms with van der Waals surface area (Å²) in [6.07, 6.45) is 1.75. The van der Waals surface area contributed by atoms with Crippen LogP contribution in [0, 0.1) is 7.14 Å². The summed E-state index contributed by atoms with van der Waals surface area (Å²) in [6, 6.07) is 11.6. The van der Waals surface area contributed by atoms with Crippen molar-refractivity contribution in [2.75, 3.05) is 6.61 Å². The topological polar surface area (TPSA) is 46.6 Å². The average molecular weight is 670 g/mol. The molecule has 1 saturated heterocycles. The summed E-state index contributed by atoms with van der Waals surface area (Å²) in [5, 5.41) is -0.257. The molecule has 1 aliphatic heterocycles. The molecule has 8 heteroatoms. The minimum atomic E-state index is -0.274. The Labute approximate surface area is 197 Å². The van der Waals surface area contributed by atoms with Gasteiger partial charge in [0.1, 0.15) is 5.75 Å². The van der Waals surface area contributed by atoms with Gasteiger partial charge in [0.15, 0.2) is 0 Å². The monoisotopic (exact) mass is 669 g/mol. The van der Waals surface area contributed by atoms with Crippen molar-refractivity contribution in [2.45, 2.75) is 13.5 Å². The molecule has 0 aromatic heterocycles. The minimum Gasteiger partial charge on any atom is -0.492 e. The zero-order valence-corrected chi connectivity index (χ0v) is 20.9. The molecule has 1 heterocycles. The normalized spacial score (nSPS) is 15.7. The lowest BCUT2D eigenvalue weighted by atomic mass is 10.1. The maximum atomic E-state index is 12.8. The molecule has 1 fully saturated rings. The van der Waals surface area contributed by atoms with E-state index in [1.54, 1.807) is 6.08 Å². The molecule has 0 unspecified atom stereocenters. The highest BCUT2D eigenvalue weighted by molar-refractivity contribution is 14.1. The Hall–Kier alpha value is -0.590. The number of thioether (sulfide) groups is 1. The molecule has 3 rings (SSSR count). The van der Waals surface area contributed by atoms with Gasteiger partial charge in [-0.05, 0) is 99.8 Å². The zero-order chi connectivity index (χ0) is 19.6. The Morgan fingerprint density at radius 3 is 2.56 bits per heavy atom. The van der Waals surface area contributed by atoms with E-state index in [1.807, 2.05) is 43.3 Å². The van der Waals surface area contributed by atoms with Crippen molar-refractivity contribution in [2.24, 2.45) is 0 Å². The summed E-state index contributed by atoms with van der Waals surface area (Å²) in [5.41, 5.74) is 1.71. The molecule has 2 aromatic rings. The fourth-order valence-corrected chi connectivity index (χ4v) is 5.67. The molecule has 0 saturated carbocycles. The van der Waals surface area contributed by atoms with Gasteiger partial charge in [-0.1, -0.05) is 28.1 Å². The number of imide groups is 1. The summed E-state index contributed by atoms with van der Waals surface area (Å²) in [7, 11) is 0. The van der Waals surface area contributed by atoms with E-state index in [1.165, 1.54) is 4.90 Å². The van der Waals surface area contributed by atoms with Gasteiger partial charge in [0.05, 0.1) is 21.6 Å². The van der Waals surface area contributed by atoms with Gasteiger partial charge in [-0.15, -0.1) is 0 Å². The second-order valence-electron chi connectivity index (χ2n) is 5.63. The van der Waals surface area contributed by atoms with Crippen LogP contribution in [-0.4, -0.2) is 22.7 Å². The van der Waals surface area contributed by atoms with Crippen molar-refractivity contribution in [1.29, 1.82) is 0 Å². The molecular formula is C19H14BrI2NO3S. The van der Waals surface area contributed by atoms with E-state index < -0.39 is 0 Å². The van der Waals surface area contributed by atoms with Gasteiger partial charge in [0.25, 0.3) is 11.1 Å². The number of rotatable bonds is 5. The standard InChI is InChI=1S/C19H14BrI2NO3S/c1-2-26-17-12(7-14(21)9-15(17)22)8-16-18(24)23(19(25)27-16)10-11-3-5-13(20)6-4-11/h3-9H,2,10H2,1H3/b16-8-. The van der Waals surface area contributed by atoms with Crippen LogP contribution >= 0.6 is 72.9 Å². The van der Waals surface area contributed by atoms with Gasteiger partial charge < -0.3 is 4.74 Å². The molecular weight excluding hydrogens is 656 g/mol. The molecule has 0 aliphatic carbocycles. The van der Waals surface area contributed by atoms with Gasteiger partial charge in [-0.2, -0.15) is 0 Å². The van der Waals surface area contributed by atoms with Crippen LogP contribution in [0.2, 0.25) is 0 Å². The predicted molar refractivity (Wildman–Crippen MR) is 129 cm³/mol. The number of halogens is 3. The number of amides is 2. The largest absolute Gasteiger partial charge is 0.492 e. The first-order valence-corrected chi connectivity index (χ1v) is 11.8. The second-order valence-corrected chi connectivity index (χ2v) is 9.95. The van der Waals surface area contributed by atoms with E-state index in [-0.39, 0.29) is 17.7 Å². The molecule has 0 radical (unpaired) electrons. The van der Waals surface area contributed by atoms with Crippen molar-refractivity contribution in [3.63, 3.8) is 0 Å². The first-order valence-electron chi connectivity index (χ1n) is 8.00. The van der Waals surface area contributed by atoms with Crippen LogP contribution in [0.5, 0.6) is 5.75 Å². The van der Waals surface area contributed by atoms with Crippen LogP contribution in [0.3, 0.4) is 0 Å². The molecule has 2 aromatic carbocycles. The van der Waals surface area contributed by atoms with E-state index in [9.17, 15) is 9.59 Å². The number of benzene rings is 2. The van der Waals surface area contributed by atoms with Gasteiger partial charge in [-0.25, -0.2) is 0 Å². The highest BCUT2D eigenvalue weighted by Gasteiger charge is 2.35. The van der Waals surface area contributed by atoms with Crippen LogP contribution in [0.1, 0.15) is 18.1 Å². The zero-order valence-electron chi connectivity index (χ0n) is 14.2. The van der Waals surface area contributed by atoms with Gasteiger partial charge in [-0.3, -0.25) is 14.5 Å². The van der Waals surface area contributed by atoms with Crippen LogP contribution in [0.4, 0.5) is 4.79 Å². The molecule has 1 aliphatic rings. The van der Waals surface area contributed by atoms with E-state index in [0.717, 1.165) is 40.3 Å². The van der Waals surface area contributed by atoms with Crippen molar-refractivity contribution in [3.05, 3.63) is 64.0 Å². The lowest BCUT2D eigenvalue weighted by Gasteiger charge is -2.13. The maximum absolute atomic E-state index is 12.8. The van der Waals surface area contributed by atoms with Gasteiger partial charge in [0, 0.05) is 13.6 Å². The van der Waals surface area contributed by atoms with Crippen molar-refractivity contribution < 1.29 is 14.3 Å². The highest BCUT2D eigenvalue weighted by Crippen LogP contribution is 2.37. The first kappa shape index (κ1) is 21.1. The summed E-state index contributed by atoms with van der Waals surface area (Å²) in [5.74, 6) is 0.461. The number of carbonyl (C=O) groups is 2. The third kappa shape index (κ3) is 5.07. The molecule has 2 amide bonds. The average Bonchev–Trinajstić information content (AvgIpc) is 2.87. The molecule has 0 N–H and O–H groups in total. The number of nitrogens with zero attached hydrogens (tertiary/aromatic N) is 1. The summed E-state index contributed by atoms with van der Waals surface area (Å²) in [4.78, 5) is 26.9. The van der Waals surface area contributed by atoms with E-state index >= 15 is 0 Å². The third-order valence-electron chi connectivity index (χ3n) is 3.74. The Morgan fingerprint density at radius 2 is 1.89 bits per heavy atom. The van der Waals surface area contributed by atoms with E-state index in [0.29, 0.717) is 11.5 Å². The number of hydrogen-bond donors (Lipinski definition) is 0. The molecule has 0 spiro atoms. The molecule has 0 atom stereocenters. The fourth-order valence-electron chi connectivity index (χ4n) is 2.53. The Morgan fingerprint density at radius 1 is 1.19 bits per heavy atom. The highest BCUT2D eigenvalue weighted by atomic mass is 127. The van der Waals surface area contributed by atoms with Crippen LogP contribution in [0.25, 0.3) is 6.08 Å². The number of hydrogen-bond acceptors (Lipinski definition) is 4. The van der Waals surface area contributed by atoms with Gasteiger partial charge >= 0.3 is 0 Å². The quantitative estimate of drug-likeness (QED) is 0.277. The summed E-state index contributed by atoms with van der Waals surface area (Å²) < 4.78 is 8.72. The molecule has 4 nitrogen and oxygen atoms in total. The summed E-state index contributed by atoms with van der Waals surface area (Å²) in [6.45, 7) is 2.71. The summed E-state index contributed by atoms with van der Waals surface area (Å²) >= 11 is 8.80. The molecule has 140 valence electrons. The Bertz CT molecular complexity index is 931. The van der Waals surface area contributed by atoms with Crippen LogP contribution in [0.15, 0.2) is 45.8 Å². The number of ether oxygens (including phenoxy) is 1. The maximum Gasteiger partial charge on any atom is 0.293 e. The molecule has 27 heavy (non-hydrogen) atoms. The van der Waals surface area contributed by atoms with Crippen molar-refractivity contribution >= 4 is 90.1 Å². The van der Waals surface area contributed by atoms with Crippen molar-refractivity contribution in [1.82, 2.24) is 4.90 Å². The van der Waals surface area contributed by atoms with Crippen molar-refractivity contribution in [3.8, 4) is 5.75 Å². The lowest BCUT2D eigenvalue weighted by Crippen LogP contribution is -2.27. The Balaban J connectivity index is 1.89.